The van der Waals surface area contributed by atoms with Crippen molar-refractivity contribution in [3.63, 3.8) is 0 Å². The third-order valence-corrected chi connectivity index (χ3v) is 8.44. The number of esters is 1. The summed E-state index contributed by atoms with van der Waals surface area (Å²) in [6.45, 7) is 7.59. The first-order valence-corrected chi connectivity index (χ1v) is 18.0. The van der Waals surface area contributed by atoms with Crippen LogP contribution in [-0.4, -0.2) is 12.6 Å². The molecule has 0 saturated carbocycles. The van der Waals surface area contributed by atoms with Crippen LogP contribution in [0.4, 0.5) is 0 Å². The van der Waals surface area contributed by atoms with Crippen LogP contribution in [0.25, 0.3) is 0 Å². The van der Waals surface area contributed by atoms with Gasteiger partial charge in [0.1, 0.15) is 0 Å². The normalized spacial score (nSPS) is 12.4. The number of carbonyl (C=O) groups is 1. The van der Waals surface area contributed by atoms with Crippen LogP contribution < -0.4 is 0 Å². The van der Waals surface area contributed by atoms with E-state index in [-0.39, 0.29) is 5.97 Å². The van der Waals surface area contributed by atoms with Crippen molar-refractivity contribution >= 4 is 5.97 Å². The maximum Gasteiger partial charge on any atom is 0.305 e. The van der Waals surface area contributed by atoms with E-state index in [9.17, 15) is 4.79 Å². The fourth-order valence-corrected chi connectivity index (χ4v) is 5.34. The Morgan fingerprint density at radius 2 is 0.949 bits per heavy atom. The van der Waals surface area contributed by atoms with Crippen LogP contribution in [0.3, 0.4) is 0 Å². The molecule has 1 unspecified atom stereocenters. The fraction of sp³-hybridized carbons (Fsp3) is 0.919. The standard InChI is InChI=1S/C37H72O2/c1-4-6-7-8-9-10-11-12-13-14-15-16-19-22-25-28-31-34-37(38)39-35-32-29-26-23-20-17-18-21-24-27-30-33-36(3)5-2/h12-13,36H,4-11,14-35H2,1-3H3. The minimum Gasteiger partial charge on any atom is -0.466 e. The SMILES string of the molecule is CCCCCCCCC=CCCCCCCCCCC(=O)OCCCCCCCCCCCCCC(C)CC. The molecule has 1 atom stereocenters. The number of hydrogen-bond acceptors (Lipinski definition) is 2. The highest BCUT2D eigenvalue weighted by Gasteiger charge is 2.03. The summed E-state index contributed by atoms with van der Waals surface area (Å²) in [6, 6.07) is 0. The lowest BCUT2D eigenvalue weighted by Crippen LogP contribution is -2.05. The maximum absolute atomic E-state index is 11.9. The van der Waals surface area contributed by atoms with Crippen molar-refractivity contribution < 1.29 is 9.53 Å². The minimum absolute atomic E-state index is 0.0203. The lowest BCUT2D eigenvalue weighted by atomic mass is 9.99. The highest BCUT2D eigenvalue weighted by molar-refractivity contribution is 5.69. The van der Waals surface area contributed by atoms with Gasteiger partial charge in [0.25, 0.3) is 0 Å². The molecule has 0 spiro atoms. The van der Waals surface area contributed by atoms with Crippen LogP contribution in [0, 0.1) is 5.92 Å². The van der Waals surface area contributed by atoms with Crippen LogP contribution in [0.2, 0.25) is 0 Å². The molecule has 0 amide bonds. The van der Waals surface area contributed by atoms with E-state index in [1.807, 2.05) is 0 Å². The average molecular weight is 549 g/mol. The van der Waals surface area contributed by atoms with E-state index in [1.54, 1.807) is 0 Å². The second-order valence-corrected chi connectivity index (χ2v) is 12.5. The van der Waals surface area contributed by atoms with Gasteiger partial charge in [-0.1, -0.05) is 174 Å². The fourth-order valence-electron chi connectivity index (χ4n) is 5.34. The van der Waals surface area contributed by atoms with Gasteiger partial charge < -0.3 is 4.74 Å². The summed E-state index contributed by atoms with van der Waals surface area (Å²) in [7, 11) is 0. The molecule has 2 heteroatoms. The average Bonchev–Trinajstić information content (AvgIpc) is 2.94. The molecule has 0 aliphatic heterocycles. The second kappa shape index (κ2) is 33.4. The minimum atomic E-state index is 0.0203. The summed E-state index contributed by atoms with van der Waals surface area (Å²) in [5, 5.41) is 0. The summed E-state index contributed by atoms with van der Waals surface area (Å²) in [5.74, 6) is 0.937. The lowest BCUT2D eigenvalue weighted by molar-refractivity contribution is -0.143. The first kappa shape index (κ1) is 38.2. The molecule has 0 radical (unpaired) electrons. The van der Waals surface area contributed by atoms with Gasteiger partial charge in [0, 0.05) is 6.42 Å². The van der Waals surface area contributed by atoms with Crippen molar-refractivity contribution in [3.8, 4) is 0 Å². The maximum atomic E-state index is 11.9. The van der Waals surface area contributed by atoms with E-state index in [0.717, 1.165) is 18.8 Å². The van der Waals surface area contributed by atoms with Crippen molar-refractivity contribution in [2.24, 2.45) is 5.92 Å². The Bertz CT molecular complexity index is 498. The number of ether oxygens (including phenoxy) is 1. The van der Waals surface area contributed by atoms with Gasteiger partial charge in [-0.15, -0.1) is 0 Å². The predicted octanol–water partition coefficient (Wildman–Crippen LogP) is 13.1. The molecule has 0 rings (SSSR count). The predicted molar refractivity (Wildman–Crippen MR) is 175 cm³/mol. The molecule has 0 bridgehead atoms. The van der Waals surface area contributed by atoms with Gasteiger partial charge in [-0.3, -0.25) is 4.79 Å². The second-order valence-electron chi connectivity index (χ2n) is 12.5. The third-order valence-electron chi connectivity index (χ3n) is 8.44. The van der Waals surface area contributed by atoms with Crippen LogP contribution >= 0.6 is 0 Å². The summed E-state index contributed by atoms with van der Waals surface area (Å²) in [4.78, 5) is 11.9. The molecule has 232 valence electrons. The number of unbranched alkanes of at least 4 members (excludes halogenated alkanes) is 23. The molecule has 0 aromatic heterocycles. The molecule has 0 aromatic carbocycles. The molecule has 0 fully saturated rings. The van der Waals surface area contributed by atoms with E-state index >= 15 is 0 Å². The Labute approximate surface area is 246 Å². The molecule has 0 heterocycles. The van der Waals surface area contributed by atoms with Crippen LogP contribution in [0.15, 0.2) is 12.2 Å². The van der Waals surface area contributed by atoms with E-state index < -0.39 is 0 Å². The van der Waals surface area contributed by atoms with Crippen LogP contribution in [0.5, 0.6) is 0 Å². The van der Waals surface area contributed by atoms with Crippen molar-refractivity contribution in [1.82, 2.24) is 0 Å². The van der Waals surface area contributed by atoms with E-state index in [1.165, 1.54) is 167 Å². The van der Waals surface area contributed by atoms with Gasteiger partial charge in [-0.05, 0) is 44.4 Å². The van der Waals surface area contributed by atoms with Gasteiger partial charge in [0.15, 0.2) is 0 Å². The zero-order valence-corrected chi connectivity index (χ0v) is 27.3. The molecular formula is C37H72O2. The number of hydrogen-bond donors (Lipinski definition) is 0. The van der Waals surface area contributed by atoms with Gasteiger partial charge in [-0.25, -0.2) is 0 Å². The highest BCUT2D eigenvalue weighted by atomic mass is 16.5. The summed E-state index contributed by atoms with van der Waals surface area (Å²) in [6.07, 6.45) is 42.6. The van der Waals surface area contributed by atoms with Crippen LogP contribution in [0.1, 0.15) is 207 Å². The zero-order valence-electron chi connectivity index (χ0n) is 27.3. The third kappa shape index (κ3) is 33.3. The number of carbonyl (C=O) groups excluding carboxylic acids is 1. The van der Waals surface area contributed by atoms with Crippen LogP contribution in [-0.2, 0) is 9.53 Å². The van der Waals surface area contributed by atoms with E-state index in [2.05, 4.69) is 32.9 Å². The Kier molecular flexibility index (Phi) is 32.7. The molecule has 0 aromatic rings. The van der Waals surface area contributed by atoms with E-state index in [4.69, 9.17) is 4.74 Å². The van der Waals surface area contributed by atoms with Gasteiger partial charge in [-0.2, -0.15) is 0 Å². The Balaban J connectivity index is 3.20. The van der Waals surface area contributed by atoms with Crippen molar-refractivity contribution in [1.29, 1.82) is 0 Å². The topological polar surface area (TPSA) is 26.3 Å². The lowest BCUT2D eigenvalue weighted by Gasteiger charge is -2.07. The first-order chi connectivity index (χ1) is 19.2. The molecule has 0 N–H and O–H groups in total. The largest absolute Gasteiger partial charge is 0.466 e. The van der Waals surface area contributed by atoms with Crippen molar-refractivity contribution in [2.45, 2.75) is 207 Å². The molecule has 0 aliphatic carbocycles. The smallest absolute Gasteiger partial charge is 0.305 e. The highest BCUT2D eigenvalue weighted by Crippen LogP contribution is 2.16. The molecule has 0 aliphatic rings. The molecular weight excluding hydrogens is 476 g/mol. The van der Waals surface area contributed by atoms with Gasteiger partial charge in [0.2, 0.25) is 0 Å². The van der Waals surface area contributed by atoms with Crippen molar-refractivity contribution in [2.75, 3.05) is 6.61 Å². The molecule has 0 saturated heterocycles. The number of allylic oxidation sites excluding steroid dienone is 2. The monoisotopic (exact) mass is 549 g/mol. The zero-order chi connectivity index (χ0) is 28.5. The Hall–Kier alpha value is -0.790. The Morgan fingerprint density at radius 1 is 0.538 bits per heavy atom. The van der Waals surface area contributed by atoms with Gasteiger partial charge in [0.05, 0.1) is 6.61 Å². The number of rotatable bonds is 32. The molecule has 39 heavy (non-hydrogen) atoms. The molecule has 2 nitrogen and oxygen atoms in total. The first-order valence-electron chi connectivity index (χ1n) is 18.0. The summed E-state index contributed by atoms with van der Waals surface area (Å²) >= 11 is 0. The van der Waals surface area contributed by atoms with Crippen molar-refractivity contribution in [3.05, 3.63) is 12.2 Å². The Morgan fingerprint density at radius 3 is 1.44 bits per heavy atom. The van der Waals surface area contributed by atoms with Gasteiger partial charge >= 0.3 is 5.97 Å². The quantitative estimate of drug-likeness (QED) is 0.0474. The summed E-state index contributed by atoms with van der Waals surface area (Å²) in [5.41, 5.74) is 0. The summed E-state index contributed by atoms with van der Waals surface area (Å²) < 4.78 is 5.44. The van der Waals surface area contributed by atoms with E-state index in [0.29, 0.717) is 13.0 Å².